The van der Waals surface area contributed by atoms with Gasteiger partial charge < -0.3 is 9.30 Å². The van der Waals surface area contributed by atoms with Crippen molar-refractivity contribution >= 4 is 11.8 Å². The third-order valence-corrected chi connectivity index (χ3v) is 4.76. The smallest absolute Gasteiger partial charge is 0.340 e. The van der Waals surface area contributed by atoms with E-state index in [0.29, 0.717) is 23.5 Å². The first-order chi connectivity index (χ1) is 11.6. The number of pyridine rings is 2. The number of ether oxygens (including phenoxy) is 1. The van der Waals surface area contributed by atoms with E-state index in [0.717, 1.165) is 12.8 Å². The molecule has 2 aromatic rings. The lowest BCUT2D eigenvalue weighted by molar-refractivity contribution is 0.0106. The Morgan fingerprint density at radius 3 is 2.88 bits per heavy atom. The van der Waals surface area contributed by atoms with Crippen LogP contribution in [0, 0.1) is 0 Å². The molecular formula is C18H16N2O4. The highest BCUT2D eigenvalue weighted by atomic mass is 16.5. The zero-order chi connectivity index (χ0) is 16.8. The maximum absolute atomic E-state index is 12.6. The molecule has 0 amide bonds. The van der Waals surface area contributed by atoms with Crippen molar-refractivity contribution in [1.29, 1.82) is 0 Å². The predicted octanol–water partition coefficient (Wildman–Crippen LogP) is 2.24. The molecule has 2 atom stereocenters. The fourth-order valence-electron chi connectivity index (χ4n) is 3.69. The van der Waals surface area contributed by atoms with Crippen LogP contribution in [0.15, 0.2) is 35.3 Å². The van der Waals surface area contributed by atoms with Crippen LogP contribution in [-0.4, -0.2) is 21.3 Å². The second kappa shape index (κ2) is 5.40. The average molecular weight is 324 g/mol. The van der Waals surface area contributed by atoms with Crippen LogP contribution in [0.1, 0.15) is 63.9 Å². The average Bonchev–Trinajstić information content (AvgIpc) is 2.60. The van der Waals surface area contributed by atoms with E-state index in [1.165, 1.54) is 13.0 Å². The van der Waals surface area contributed by atoms with Crippen molar-refractivity contribution in [3.05, 3.63) is 63.3 Å². The Hall–Kier alpha value is -2.76. The Labute approximate surface area is 138 Å². The summed E-state index contributed by atoms with van der Waals surface area (Å²) in [6.07, 6.45) is 2.76. The third-order valence-electron chi connectivity index (χ3n) is 4.76. The number of carbonyl (C=O) groups is 2. The maximum Gasteiger partial charge on any atom is 0.340 e. The summed E-state index contributed by atoms with van der Waals surface area (Å²) < 4.78 is 7.22. The number of cyclic esters (lactones) is 1. The number of esters is 1. The molecule has 0 spiro atoms. The van der Waals surface area contributed by atoms with Gasteiger partial charge in [0.05, 0.1) is 16.8 Å². The number of carbonyl (C=O) groups excluding carboxylic acids is 2. The van der Waals surface area contributed by atoms with Crippen molar-refractivity contribution in [3.63, 3.8) is 0 Å². The van der Waals surface area contributed by atoms with Gasteiger partial charge in [-0.25, -0.2) is 4.79 Å². The molecule has 122 valence electrons. The first kappa shape index (κ1) is 14.8. The van der Waals surface area contributed by atoms with Crippen molar-refractivity contribution in [3.8, 4) is 0 Å². The van der Waals surface area contributed by atoms with Crippen molar-refractivity contribution in [2.24, 2.45) is 0 Å². The molecule has 24 heavy (non-hydrogen) atoms. The van der Waals surface area contributed by atoms with E-state index >= 15 is 0 Å². The minimum Gasteiger partial charge on any atom is -0.451 e. The molecule has 2 aromatic heterocycles. The van der Waals surface area contributed by atoms with Crippen molar-refractivity contribution in [2.75, 3.05) is 0 Å². The first-order valence-electron chi connectivity index (χ1n) is 7.98. The van der Waals surface area contributed by atoms with Gasteiger partial charge in [-0.05, 0) is 38.0 Å². The molecule has 4 heterocycles. The lowest BCUT2D eigenvalue weighted by atomic mass is 9.83. The van der Waals surface area contributed by atoms with E-state index in [4.69, 9.17) is 4.74 Å². The van der Waals surface area contributed by atoms with Gasteiger partial charge in [0.15, 0.2) is 11.9 Å². The predicted molar refractivity (Wildman–Crippen MR) is 85.1 cm³/mol. The molecule has 0 N–H and O–H groups in total. The molecule has 6 heteroatoms. The van der Waals surface area contributed by atoms with Gasteiger partial charge in [0.1, 0.15) is 0 Å². The lowest BCUT2D eigenvalue weighted by Gasteiger charge is -2.37. The maximum atomic E-state index is 12.6. The van der Waals surface area contributed by atoms with Crippen LogP contribution in [0.2, 0.25) is 0 Å². The fraction of sp³-hybridized carbons (Fsp3) is 0.333. The minimum atomic E-state index is -0.505. The highest BCUT2D eigenvalue weighted by Gasteiger charge is 2.41. The van der Waals surface area contributed by atoms with Crippen LogP contribution in [0.4, 0.5) is 0 Å². The molecule has 2 aliphatic heterocycles. The summed E-state index contributed by atoms with van der Waals surface area (Å²) in [4.78, 5) is 41.2. The van der Waals surface area contributed by atoms with E-state index in [2.05, 4.69) is 4.98 Å². The van der Waals surface area contributed by atoms with Crippen LogP contribution in [0.25, 0.3) is 0 Å². The summed E-state index contributed by atoms with van der Waals surface area (Å²) in [5.74, 6) is -0.960. The molecule has 0 saturated heterocycles. The second-order valence-corrected chi connectivity index (χ2v) is 6.20. The van der Waals surface area contributed by atoms with Crippen molar-refractivity contribution in [1.82, 2.24) is 9.55 Å². The standard InChI is InChI=1S/C18H16N2O4/c1-10(21)12-9-13-15-11(5-4-8-20(15)17(12)22)16(24-18(13)23)14-6-2-3-7-19-14/h2-3,6-7,9,11,16H,4-5,8H2,1H3. The van der Waals surface area contributed by atoms with Crippen LogP contribution >= 0.6 is 0 Å². The first-order valence-corrected chi connectivity index (χ1v) is 7.98. The van der Waals surface area contributed by atoms with Gasteiger partial charge in [-0.1, -0.05) is 6.07 Å². The summed E-state index contributed by atoms with van der Waals surface area (Å²) in [6.45, 7) is 1.85. The highest BCUT2D eigenvalue weighted by Crippen LogP contribution is 2.44. The van der Waals surface area contributed by atoms with E-state index in [9.17, 15) is 14.4 Å². The van der Waals surface area contributed by atoms with E-state index in [-0.39, 0.29) is 22.8 Å². The summed E-state index contributed by atoms with van der Waals surface area (Å²) in [5, 5.41) is 0. The number of hydrogen-bond donors (Lipinski definition) is 0. The van der Waals surface area contributed by atoms with Gasteiger partial charge in [0.25, 0.3) is 5.56 Å². The van der Waals surface area contributed by atoms with Gasteiger partial charge in [-0.15, -0.1) is 0 Å². The van der Waals surface area contributed by atoms with Crippen LogP contribution in [-0.2, 0) is 11.3 Å². The van der Waals surface area contributed by atoms with E-state index in [1.54, 1.807) is 16.8 Å². The van der Waals surface area contributed by atoms with Gasteiger partial charge >= 0.3 is 5.97 Å². The molecule has 6 nitrogen and oxygen atoms in total. The number of aromatic nitrogens is 2. The van der Waals surface area contributed by atoms with E-state index < -0.39 is 12.1 Å². The minimum absolute atomic E-state index is 0.0441. The molecular weight excluding hydrogens is 308 g/mol. The Balaban J connectivity index is 1.94. The van der Waals surface area contributed by atoms with E-state index in [1.807, 2.05) is 12.1 Å². The van der Waals surface area contributed by atoms with Gasteiger partial charge in [0, 0.05) is 24.4 Å². The number of rotatable bonds is 2. The number of ketones is 1. The Morgan fingerprint density at radius 2 is 2.17 bits per heavy atom. The molecule has 0 fully saturated rings. The summed E-state index contributed by atoms with van der Waals surface area (Å²) in [5.41, 5.74) is 1.42. The topological polar surface area (TPSA) is 78.3 Å². The molecule has 0 aliphatic carbocycles. The summed E-state index contributed by atoms with van der Waals surface area (Å²) in [7, 11) is 0. The zero-order valence-electron chi connectivity index (χ0n) is 13.2. The molecule has 0 radical (unpaired) electrons. The Morgan fingerprint density at radius 1 is 1.33 bits per heavy atom. The fourth-order valence-corrected chi connectivity index (χ4v) is 3.69. The molecule has 0 bridgehead atoms. The van der Waals surface area contributed by atoms with Gasteiger partial charge in [0.2, 0.25) is 0 Å². The largest absolute Gasteiger partial charge is 0.451 e. The summed E-state index contributed by atoms with van der Waals surface area (Å²) in [6, 6.07) is 6.87. The third kappa shape index (κ3) is 2.10. The lowest BCUT2D eigenvalue weighted by Crippen LogP contribution is -2.40. The number of nitrogens with zero attached hydrogens (tertiary/aromatic N) is 2. The normalized spacial score (nSPS) is 21.8. The van der Waals surface area contributed by atoms with Crippen molar-refractivity contribution in [2.45, 2.75) is 38.3 Å². The Kier molecular flexibility index (Phi) is 3.33. The molecule has 4 rings (SSSR count). The molecule has 0 saturated carbocycles. The van der Waals surface area contributed by atoms with Crippen LogP contribution in [0.5, 0.6) is 0 Å². The zero-order valence-corrected chi connectivity index (χ0v) is 13.2. The summed E-state index contributed by atoms with van der Waals surface area (Å²) >= 11 is 0. The number of hydrogen-bond acceptors (Lipinski definition) is 5. The van der Waals surface area contributed by atoms with Crippen molar-refractivity contribution < 1.29 is 14.3 Å². The number of Topliss-reactive ketones (excluding diaryl/α,β-unsaturated/α-hetero) is 1. The van der Waals surface area contributed by atoms with Crippen LogP contribution < -0.4 is 5.56 Å². The van der Waals surface area contributed by atoms with Gasteiger partial charge in [-0.3, -0.25) is 14.6 Å². The molecule has 2 aliphatic rings. The van der Waals surface area contributed by atoms with Crippen LogP contribution in [0.3, 0.4) is 0 Å². The second-order valence-electron chi connectivity index (χ2n) is 6.20. The molecule has 2 unspecified atom stereocenters. The monoisotopic (exact) mass is 324 g/mol. The highest BCUT2D eigenvalue weighted by molar-refractivity contribution is 5.98. The Bertz CT molecular complexity index is 901. The molecule has 0 aromatic carbocycles. The quantitative estimate of drug-likeness (QED) is 0.625. The SMILES string of the molecule is CC(=O)c1cc2c3n(c1=O)CCCC3C(c1ccccn1)OC2=O. The van der Waals surface area contributed by atoms with Gasteiger partial charge in [-0.2, -0.15) is 0 Å².